The third kappa shape index (κ3) is 5.30. The van der Waals surface area contributed by atoms with Crippen molar-refractivity contribution in [3.8, 4) is 0 Å². The Morgan fingerprint density at radius 3 is 2.32 bits per heavy atom. The minimum absolute atomic E-state index is 0.117. The van der Waals surface area contributed by atoms with Crippen LogP contribution in [-0.4, -0.2) is 47.2 Å². The Kier molecular flexibility index (Phi) is 6.12. The van der Waals surface area contributed by atoms with Gasteiger partial charge in [0.05, 0.1) is 5.60 Å². The molecule has 1 saturated heterocycles. The Morgan fingerprint density at radius 2 is 1.89 bits per heavy atom. The lowest BCUT2D eigenvalue weighted by Gasteiger charge is -2.40. The van der Waals surface area contributed by atoms with E-state index in [2.05, 4.69) is 22.9 Å². The number of carbonyl (C=O) groups is 1. The monoisotopic (exact) mass is 335 g/mol. The summed E-state index contributed by atoms with van der Waals surface area (Å²) in [6, 6.07) is 0. The molecule has 0 unspecified atom stereocenters. The van der Waals surface area contributed by atoms with Crippen LogP contribution in [0.4, 0.5) is 4.79 Å². The predicted molar refractivity (Wildman–Crippen MR) is 79.8 cm³/mol. The van der Waals surface area contributed by atoms with Gasteiger partial charge >= 0.3 is 6.09 Å². The number of amides is 1. The van der Waals surface area contributed by atoms with Crippen LogP contribution < -0.4 is 0 Å². The highest BCUT2D eigenvalue weighted by atomic mass is 79.9. The van der Waals surface area contributed by atoms with Gasteiger partial charge in [0.2, 0.25) is 0 Å². The van der Waals surface area contributed by atoms with Gasteiger partial charge in [0.1, 0.15) is 5.60 Å². The molecule has 0 aromatic rings. The van der Waals surface area contributed by atoms with Gasteiger partial charge < -0.3 is 14.4 Å². The van der Waals surface area contributed by atoms with Gasteiger partial charge in [-0.3, -0.25) is 0 Å². The molecular formula is C14H26BrNO3. The quantitative estimate of drug-likeness (QED) is 0.737. The molecule has 0 aromatic carbocycles. The van der Waals surface area contributed by atoms with E-state index in [1.54, 1.807) is 4.90 Å². The second kappa shape index (κ2) is 6.93. The van der Waals surface area contributed by atoms with E-state index in [0.29, 0.717) is 13.1 Å². The number of hydrogen-bond donors (Lipinski definition) is 0. The second-order valence-electron chi connectivity index (χ2n) is 6.13. The van der Waals surface area contributed by atoms with Crippen molar-refractivity contribution < 1.29 is 14.3 Å². The van der Waals surface area contributed by atoms with Gasteiger partial charge in [0.25, 0.3) is 0 Å². The molecule has 0 saturated carbocycles. The summed E-state index contributed by atoms with van der Waals surface area (Å²) < 4.78 is 11.4. The molecule has 0 aromatic heterocycles. The van der Waals surface area contributed by atoms with Crippen LogP contribution in [0, 0.1) is 0 Å². The third-order valence-corrected chi connectivity index (χ3v) is 4.20. The zero-order valence-corrected chi connectivity index (χ0v) is 14.1. The maximum Gasteiger partial charge on any atom is 0.410 e. The molecule has 0 atom stereocenters. The SMILES string of the molecule is CCCOC1(CBr)CCN(C(=O)OC(C)(C)C)CC1. The van der Waals surface area contributed by atoms with Crippen LogP contribution >= 0.6 is 15.9 Å². The highest BCUT2D eigenvalue weighted by Crippen LogP contribution is 2.29. The van der Waals surface area contributed by atoms with Gasteiger partial charge in [0.15, 0.2) is 0 Å². The van der Waals surface area contributed by atoms with Crippen LogP contribution in [0.15, 0.2) is 0 Å². The minimum Gasteiger partial charge on any atom is -0.444 e. The number of nitrogens with zero attached hydrogens (tertiary/aromatic N) is 1. The van der Waals surface area contributed by atoms with Crippen LogP contribution in [0.1, 0.15) is 47.0 Å². The molecule has 19 heavy (non-hydrogen) atoms. The number of piperidine rings is 1. The molecule has 1 rings (SSSR count). The first-order valence-electron chi connectivity index (χ1n) is 7.00. The fourth-order valence-electron chi connectivity index (χ4n) is 2.06. The van der Waals surface area contributed by atoms with Crippen LogP contribution in [0.3, 0.4) is 0 Å². The average molecular weight is 336 g/mol. The molecule has 0 N–H and O–H groups in total. The van der Waals surface area contributed by atoms with Crippen molar-refractivity contribution in [2.24, 2.45) is 0 Å². The molecule has 1 aliphatic heterocycles. The summed E-state index contributed by atoms with van der Waals surface area (Å²) in [5.41, 5.74) is -0.547. The first kappa shape index (κ1) is 16.8. The van der Waals surface area contributed by atoms with E-state index in [9.17, 15) is 4.79 Å². The van der Waals surface area contributed by atoms with Crippen LogP contribution in [0.25, 0.3) is 0 Å². The van der Waals surface area contributed by atoms with Gasteiger partial charge in [-0.2, -0.15) is 0 Å². The summed E-state index contributed by atoms with van der Waals surface area (Å²) in [5.74, 6) is 0. The summed E-state index contributed by atoms with van der Waals surface area (Å²) in [4.78, 5) is 13.8. The van der Waals surface area contributed by atoms with E-state index in [4.69, 9.17) is 9.47 Å². The number of hydrogen-bond acceptors (Lipinski definition) is 3. The van der Waals surface area contributed by atoms with Crippen LogP contribution in [-0.2, 0) is 9.47 Å². The minimum atomic E-state index is -0.431. The molecule has 0 spiro atoms. The Bertz CT molecular complexity index is 294. The largest absolute Gasteiger partial charge is 0.444 e. The van der Waals surface area contributed by atoms with Gasteiger partial charge in [-0.15, -0.1) is 0 Å². The van der Waals surface area contributed by atoms with Crippen LogP contribution in [0.2, 0.25) is 0 Å². The number of likely N-dealkylation sites (tertiary alicyclic amines) is 1. The maximum atomic E-state index is 12.0. The number of alkyl halides is 1. The Hall–Kier alpha value is -0.290. The standard InChI is InChI=1S/C14H26BrNO3/c1-5-10-18-14(11-15)6-8-16(9-7-14)12(17)19-13(2,3)4/h5-11H2,1-4H3. The van der Waals surface area contributed by atoms with Crippen molar-refractivity contribution in [1.29, 1.82) is 0 Å². The molecule has 0 aliphatic carbocycles. The van der Waals surface area contributed by atoms with Gasteiger partial charge in [0, 0.05) is 25.0 Å². The second-order valence-corrected chi connectivity index (χ2v) is 6.69. The lowest BCUT2D eigenvalue weighted by Crippen LogP contribution is -2.50. The topological polar surface area (TPSA) is 38.8 Å². The summed E-state index contributed by atoms with van der Waals surface area (Å²) in [6.07, 6.45) is 2.52. The molecule has 0 radical (unpaired) electrons. The smallest absolute Gasteiger partial charge is 0.410 e. The molecule has 1 fully saturated rings. The summed E-state index contributed by atoms with van der Waals surface area (Å²) in [6.45, 7) is 9.95. The Balaban J connectivity index is 2.49. The van der Waals surface area contributed by atoms with Crippen LogP contribution in [0.5, 0.6) is 0 Å². The molecule has 1 heterocycles. The van der Waals surface area contributed by atoms with Crippen molar-refractivity contribution in [2.45, 2.75) is 58.2 Å². The zero-order chi connectivity index (χ0) is 14.5. The molecule has 0 bridgehead atoms. The lowest BCUT2D eigenvalue weighted by atomic mass is 9.93. The van der Waals surface area contributed by atoms with Gasteiger partial charge in [-0.1, -0.05) is 22.9 Å². The van der Waals surface area contributed by atoms with E-state index in [1.165, 1.54) is 0 Å². The van der Waals surface area contributed by atoms with E-state index in [-0.39, 0.29) is 11.7 Å². The Labute approximate surface area is 124 Å². The fraction of sp³-hybridized carbons (Fsp3) is 0.929. The normalized spacial score (nSPS) is 19.3. The highest BCUT2D eigenvalue weighted by molar-refractivity contribution is 9.09. The molecule has 1 amide bonds. The molecule has 1 aliphatic rings. The maximum absolute atomic E-state index is 12.0. The number of carbonyl (C=O) groups excluding carboxylic acids is 1. The first-order valence-corrected chi connectivity index (χ1v) is 8.12. The first-order chi connectivity index (χ1) is 8.82. The number of halogens is 1. The van der Waals surface area contributed by atoms with Crippen molar-refractivity contribution in [3.63, 3.8) is 0 Å². The number of ether oxygens (including phenoxy) is 2. The molecule has 5 heteroatoms. The average Bonchev–Trinajstić information content (AvgIpc) is 2.35. The third-order valence-electron chi connectivity index (χ3n) is 3.18. The lowest BCUT2D eigenvalue weighted by molar-refractivity contribution is -0.0682. The predicted octanol–water partition coefficient (Wildman–Crippen LogP) is 3.58. The van der Waals surface area contributed by atoms with Crippen molar-refractivity contribution in [2.75, 3.05) is 25.0 Å². The number of rotatable bonds is 4. The molecule has 4 nitrogen and oxygen atoms in total. The molecule has 112 valence electrons. The van der Waals surface area contributed by atoms with E-state index < -0.39 is 5.60 Å². The van der Waals surface area contributed by atoms with Gasteiger partial charge in [-0.25, -0.2) is 4.79 Å². The van der Waals surface area contributed by atoms with Crippen molar-refractivity contribution in [3.05, 3.63) is 0 Å². The van der Waals surface area contributed by atoms with E-state index in [1.807, 2.05) is 20.8 Å². The zero-order valence-electron chi connectivity index (χ0n) is 12.5. The van der Waals surface area contributed by atoms with Gasteiger partial charge in [-0.05, 0) is 40.0 Å². The van der Waals surface area contributed by atoms with E-state index in [0.717, 1.165) is 31.2 Å². The van der Waals surface area contributed by atoms with Crippen molar-refractivity contribution in [1.82, 2.24) is 4.90 Å². The Morgan fingerprint density at radius 1 is 1.32 bits per heavy atom. The van der Waals surface area contributed by atoms with E-state index >= 15 is 0 Å². The molecular weight excluding hydrogens is 310 g/mol. The summed E-state index contributed by atoms with van der Waals surface area (Å²) in [7, 11) is 0. The van der Waals surface area contributed by atoms with Crippen molar-refractivity contribution >= 4 is 22.0 Å². The summed E-state index contributed by atoms with van der Waals surface area (Å²) >= 11 is 3.54. The summed E-state index contributed by atoms with van der Waals surface area (Å²) in [5, 5.41) is 0.822. The fourth-order valence-corrected chi connectivity index (χ4v) is 2.78. The highest BCUT2D eigenvalue weighted by Gasteiger charge is 2.37.